The lowest BCUT2D eigenvalue weighted by Gasteiger charge is -2.13. The van der Waals surface area contributed by atoms with E-state index in [-0.39, 0.29) is 5.91 Å². The molecule has 0 unspecified atom stereocenters. The summed E-state index contributed by atoms with van der Waals surface area (Å²) in [6.45, 7) is 4.91. The molecular formula is C21H24N4OS2. The fraction of sp³-hybridized carbons (Fsp3) is 0.381. The molecule has 28 heavy (non-hydrogen) atoms. The lowest BCUT2D eigenvalue weighted by Crippen LogP contribution is -2.14. The largest absolute Gasteiger partial charge is 0.325 e. The quantitative estimate of drug-likeness (QED) is 0.582. The predicted octanol–water partition coefficient (Wildman–Crippen LogP) is 4.94. The number of nitrogens with one attached hydrogen (secondary N) is 1. The van der Waals surface area contributed by atoms with Gasteiger partial charge in [0.15, 0.2) is 11.0 Å². The van der Waals surface area contributed by atoms with Crippen LogP contribution in [0.4, 0.5) is 5.69 Å². The molecule has 0 atom stereocenters. The zero-order valence-electron chi connectivity index (χ0n) is 16.2. The van der Waals surface area contributed by atoms with E-state index in [1.807, 2.05) is 42.5 Å². The lowest BCUT2D eigenvalue weighted by atomic mass is 9.96. The molecule has 0 saturated carbocycles. The van der Waals surface area contributed by atoms with Crippen LogP contribution in [0.25, 0.3) is 11.4 Å². The Morgan fingerprint density at radius 1 is 1.21 bits per heavy atom. The first kappa shape index (κ1) is 19.2. The number of rotatable bonds is 6. The number of anilines is 1. The lowest BCUT2D eigenvalue weighted by molar-refractivity contribution is -0.113. The van der Waals surface area contributed by atoms with E-state index in [1.165, 1.54) is 52.6 Å². The van der Waals surface area contributed by atoms with E-state index < -0.39 is 0 Å². The minimum atomic E-state index is -0.0334. The van der Waals surface area contributed by atoms with Crippen molar-refractivity contribution in [3.05, 3.63) is 45.6 Å². The minimum absolute atomic E-state index is 0.0334. The third-order valence-corrected chi connectivity index (χ3v) is 7.06. The normalized spacial score (nSPS) is 13.4. The highest BCUT2D eigenvalue weighted by atomic mass is 32.2. The molecule has 1 N–H and O–H groups in total. The molecule has 1 aromatic carbocycles. The van der Waals surface area contributed by atoms with Gasteiger partial charge < -0.3 is 9.88 Å². The Labute approximate surface area is 173 Å². The monoisotopic (exact) mass is 412 g/mol. The van der Waals surface area contributed by atoms with E-state index in [4.69, 9.17) is 0 Å². The number of fused-ring (bicyclic) bond motifs is 1. The minimum Gasteiger partial charge on any atom is -0.325 e. The molecule has 0 bridgehead atoms. The van der Waals surface area contributed by atoms with Gasteiger partial charge in [-0.1, -0.05) is 29.5 Å². The molecule has 0 spiro atoms. The highest BCUT2D eigenvalue weighted by Gasteiger charge is 2.22. The van der Waals surface area contributed by atoms with Crippen LogP contribution in [0.3, 0.4) is 0 Å². The van der Waals surface area contributed by atoms with Crippen molar-refractivity contribution in [1.29, 1.82) is 0 Å². The second kappa shape index (κ2) is 8.49. The maximum absolute atomic E-state index is 12.3. The van der Waals surface area contributed by atoms with Crippen LogP contribution < -0.4 is 5.32 Å². The fourth-order valence-corrected chi connectivity index (χ4v) is 5.45. The predicted molar refractivity (Wildman–Crippen MR) is 116 cm³/mol. The number of thiophene rings is 1. The highest BCUT2D eigenvalue weighted by molar-refractivity contribution is 7.99. The van der Waals surface area contributed by atoms with Gasteiger partial charge in [0.2, 0.25) is 5.91 Å². The number of amides is 1. The van der Waals surface area contributed by atoms with Gasteiger partial charge in [-0.2, -0.15) is 0 Å². The van der Waals surface area contributed by atoms with Gasteiger partial charge in [-0.25, -0.2) is 0 Å². The van der Waals surface area contributed by atoms with Crippen LogP contribution >= 0.6 is 23.1 Å². The second-order valence-electron chi connectivity index (χ2n) is 7.01. The van der Waals surface area contributed by atoms with Crippen molar-refractivity contribution in [2.75, 3.05) is 11.1 Å². The van der Waals surface area contributed by atoms with Gasteiger partial charge in [0.1, 0.15) is 0 Å². The van der Waals surface area contributed by atoms with Gasteiger partial charge >= 0.3 is 0 Å². The molecule has 5 nitrogen and oxygen atoms in total. The number of nitrogens with zero attached hydrogens (tertiary/aromatic N) is 3. The van der Waals surface area contributed by atoms with Crippen LogP contribution in [0, 0.1) is 6.92 Å². The summed E-state index contributed by atoms with van der Waals surface area (Å²) in [4.78, 5) is 13.8. The molecule has 1 aliphatic rings. The Morgan fingerprint density at radius 3 is 2.79 bits per heavy atom. The van der Waals surface area contributed by atoms with Gasteiger partial charge in [0.05, 0.1) is 5.75 Å². The van der Waals surface area contributed by atoms with Gasteiger partial charge in [-0.15, -0.1) is 21.5 Å². The molecule has 7 heteroatoms. The molecule has 3 aromatic rings. The number of aryl methyl sites for hydroxylation is 2. The number of carbonyl (C=O) groups is 1. The van der Waals surface area contributed by atoms with E-state index in [0.29, 0.717) is 5.75 Å². The van der Waals surface area contributed by atoms with E-state index in [9.17, 15) is 4.79 Å². The number of thioether (sulfide) groups is 1. The zero-order chi connectivity index (χ0) is 19.5. The number of benzene rings is 1. The van der Waals surface area contributed by atoms with Crippen molar-refractivity contribution in [1.82, 2.24) is 14.8 Å². The van der Waals surface area contributed by atoms with E-state index in [1.54, 1.807) is 0 Å². The summed E-state index contributed by atoms with van der Waals surface area (Å²) in [5.74, 6) is 1.21. The summed E-state index contributed by atoms with van der Waals surface area (Å²) in [5, 5.41) is 14.8. The molecule has 2 aromatic heterocycles. The first-order chi connectivity index (χ1) is 13.7. The zero-order valence-corrected chi connectivity index (χ0v) is 17.8. The Bertz CT molecular complexity index is 975. The number of hydrogen-bond donors (Lipinski definition) is 1. The van der Waals surface area contributed by atoms with E-state index in [0.717, 1.165) is 29.6 Å². The van der Waals surface area contributed by atoms with Crippen LogP contribution in [0.1, 0.15) is 35.8 Å². The van der Waals surface area contributed by atoms with Crippen molar-refractivity contribution >= 4 is 34.7 Å². The van der Waals surface area contributed by atoms with Gasteiger partial charge in [0.25, 0.3) is 0 Å². The topological polar surface area (TPSA) is 59.8 Å². The van der Waals surface area contributed by atoms with Gasteiger partial charge in [-0.3, -0.25) is 4.79 Å². The standard InChI is InChI=1S/C21H24N4OS2/c1-3-25-20(17-12-27-18-7-5-4-6-16(17)18)23-24-21(25)28-13-19(26)22-15-10-8-14(2)9-11-15/h8-12H,3-7,13H2,1-2H3,(H,22,26). The number of aromatic nitrogens is 3. The summed E-state index contributed by atoms with van der Waals surface area (Å²) in [6, 6.07) is 7.82. The Kier molecular flexibility index (Phi) is 5.82. The SMILES string of the molecule is CCn1c(SCC(=O)Nc2ccc(C)cc2)nnc1-c1csc2c1CCCC2. The first-order valence-corrected chi connectivity index (χ1v) is 11.5. The Balaban J connectivity index is 1.46. The van der Waals surface area contributed by atoms with Crippen LogP contribution in [-0.4, -0.2) is 26.4 Å². The van der Waals surface area contributed by atoms with Crippen molar-refractivity contribution in [2.45, 2.75) is 51.2 Å². The van der Waals surface area contributed by atoms with E-state index >= 15 is 0 Å². The summed E-state index contributed by atoms with van der Waals surface area (Å²) < 4.78 is 2.13. The van der Waals surface area contributed by atoms with Crippen LogP contribution in [0.5, 0.6) is 0 Å². The maximum Gasteiger partial charge on any atom is 0.234 e. The Hall–Kier alpha value is -2.12. The summed E-state index contributed by atoms with van der Waals surface area (Å²) in [7, 11) is 0. The average molecular weight is 413 g/mol. The summed E-state index contributed by atoms with van der Waals surface area (Å²) in [5.41, 5.74) is 4.67. The van der Waals surface area contributed by atoms with Gasteiger partial charge in [0, 0.05) is 28.1 Å². The van der Waals surface area contributed by atoms with Crippen LogP contribution in [0.2, 0.25) is 0 Å². The molecule has 0 fully saturated rings. The highest BCUT2D eigenvalue weighted by Crippen LogP contribution is 2.36. The third-order valence-electron chi connectivity index (χ3n) is 5.00. The second-order valence-corrected chi connectivity index (χ2v) is 8.92. The molecule has 146 valence electrons. The molecule has 0 radical (unpaired) electrons. The summed E-state index contributed by atoms with van der Waals surface area (Å²) >= 11 is 3.28. The van der Waals surface area contributed by atoms with Crippen LogP contribution in [-0.2, 0) is 24.2 Å². The van der Waals surface area contributed by atoms with Gasteiger partial charge in [-0.05, 0) is 57.2 Å². The van der Waals surface area contributed by atoms with Crippen molar-refractivity contribution in [2.24, 2.45) is 0 Å². The first-order valence-electron chi connectivity index (χ1n) is 9.68. The molecule has 0 aliphatic heterocycles. The smallest absolute Gasteiger partial charge is 0.234 e. The molecular weight excluding hydrogens is 388 g/mol. The fourth-order valence-electron chi connectivity index (χ4n) is 3.53. The van der Waals surface area contributed by atoms with Crippen molar-refractivity contribution in [3.63, 3.8) is 0 Å². The summed E-state index contributed by atoms with van der Waals surface area (Å²) in [6.07, 6.45) is 4.84. The van der Waals surface area contributed by atoms with E-state index in [2.05, 4.69) is 32.4 Å². The molecule has 1 amide bonds. The molecule has 4 rings (SSSR count). The number of carbonyl (C=O) groups excluding carboxylic acids is 1. The van der Waals surface area contributed by atoms with Crippen molar-refractivity contribution in [3.8, 4) is 11.4 Å². The van der Waals surface area contributed by atoms with Crippen LogP contribution in [0.15, 0.2) is 34.8 Å². The Morgan fingerprint density at radius 2 is 2.00 bits per heavy atom. The molecule has 1 aliphatic carbocycles. The third kappa shape index (κ3) is 4.00. The molecule has 0 saturated heterocycles. The maximum atomic E-state index is 12.3. The average Bonchev–Trinajstić information content (AvgIpc) is 3.31. The number of hydrogen-bond acceptors (Lipinski definition) is 5. The van der Waals surface area contributed by atoms with Crippen molar-refractivity contribution < 1.29 is 4.79 Å². The molecule has 2 heterocycles.